The fourth-order valence-corrected chi connectivity index (χ4v) is 3.81. The van der Waals surface area contributed by atoms with Crippen molar-refractivity contribution in [3.05, 3.63) is 22.4 Å². The van der Waals surface area contributed by atoms with Gasteiger partial charge in [0.2, 0.25) is 11.8 Å². The summed E-state index contributed by atoms with van der Waals surface area (Å²) in [6.07, 6.45) is 2.67. The lowest BCUT2D eigenvalue weighted by atomic mass is 9.82. The maximum absolute atomic E-state index is 13.0. The van der Waals surface area contributed by atoms with Crippen molar-refractivity contribution in [1.82, 2.24) is 10.2 Å². The van der Waals surface area contributed by atoms with E-state index in [4.69, 9.17) is 0 Å². The molecule has 1 aromatic rings. The van der Waals surface area contributed by atoms with Crippen molar-refractivity contribution in [3.8, 4) is 0 Å². The number of amides is 2. The number of carbonyl (C=O) groups excluding carboxylic acids is 2. The summed E-state index contributed by atoms with van der Waals surface area (Å²) in [4.78, 5) is 27.6. The molecule has 1 N–H and O–H groups in total. The van der Waals surface area contributed by atoms with Gasteiger partial charge in [-0.2, -0.15) is 11.3 Å². The lowest BCUT2D eigenvalue weighted by Crippen LogP contribution is -2.74. The maximum Gasteiger partial charge on any atom is 0.249 e. The van der Waals surface area contributed by atoms with E-state index in [9.17, 15) is 9.59 Å². The Labute approximate surface area is 129 Å². The second kappa shape index (κ2) is 4.83. The molecule has 1 saturated heterocycles. The highest BCUT2D eigenvalue weighted by atomic mass is 32.1. The minimum absolute atomic E-state index is 0.00387. The van der Waals surface area contributed by atoms with Crippen LogP contribution in [0, 0.1) is 5.92 Å². The van der Waals surface area contributed by atoms with Gasteiger partial charge in [0.05, 0.1) is 0 Å². The molecular weight excluding hydrogens is 284 g/mol. The molecule has 21 heavy (non-hydrogen) atoms. The maximum atomic E-state index is 13.0. The second-order valence-electron chi connectivity index (χ2n) is 6.58. The fourth-order valence-electron chi connectivity index (χ4n) is 3.15. The lowest BCUT2D eigenvalue weighted by molar-refractivity contribution is -0.164. The van der Waals surface area contributed by atoms with Gasteiger partial charge in [0, 0.05) is 6.54 Å². The number of hydrogen-bond acceptors (Lipinski definition) is 3. The Morgan fingerprint density at radius 2 is 2.10 bits per heavy atom. The summed E-state index contributed by atoms with van der Waals surface area (Å²) in [5.74, 6) is 0.343. The largest absolute Gasteiger partial charge is 0.340 e. The number of thiophene rings is 1. The van der Waals surface area contributed by atoms with E-state index in [0.717, 1.165) is 18.4 Å². The molecule has 1 aliphatic carbocycles. The highest BCUT2D eigenvalue weighted by Crippen LogP contribution is 2.46. The van der Waals surface area contributed by atoms with Crippen molar-refractivity contribution < 1.29 is 9.59 Å². The summed E-state index contributed by atoms with van der Waals surface area (Å²) in [5.41, 5.74) is -0.372. The van der Waals surface area contributed by atoms with Gasteiger partial charge in [-0.3, -0.25) is 9.59 Å². The van der Waals surface area contributed by atoms with E-state index in [1.54, 1.807) is 11.3 Å². The lowest BCUT2D eigenvalue weighted by Gasteiger charge is -2.50. The first-order valence-corrected chi connectivity index (χ1v) is 8.52. The van der Waals surface area contributed by atoms with Crippen LogP contribution in [0.3, 0.4) is 0 Å². The van der Waals surface area contributed by atoms with Crippen LogP contribution >= 0.6 is 11.3 Å². The van der Waals surface area contributed by atoms with Gasteiger partial charge in [0.1, 0.15) is 11.1 Å². The van der Waals surface area contributed by atoms with Gasteiger partial charge in [0.25, 0.3) is 0 Å². The molecule has 3 rings (SSSR count). The molecule has 0 spiro atoms. The zero-order valence-corrected chi connectivity index (χ0v) is 13.6. The molecule has 1 saturated carbocycles. The van der Waals surface area contributed by atoms with Crippen LogP contribution in [0.2, 0.25) is 0 Å². The van der Waals surface area contributed by atoms with Gasteiger partial charge in [-0.25, -0.2) is 0 Å². The molecule has 114 valence electrons. The van der Waals surface area contributed by atoms with Crippen LogP contribution in [-0.2, 0) is 16.1 Å². The zero-order valence-electron chi connectivity index (χ0n) is 12.8. The molecule has 2 aliphatic rings. The Kier molecular flexibility index (Phi) is 3.35. The van der Waals surface area contributed by atoms with Gasteiger partial charge in [0.15, 0.2) is 0 Å². The smallest absolute Gasteiger partial charge is 0.249 e. The van der Waals surface area contributed by atoms with E-state index < -0.39 is 11.1 Å². The molecule has 5 heteroatoms. The Balaban J connectivity index is 1.99. The number of rotatable bonds is 4. The summed E-state index contributed by atoms with van der Waals surface area (Å²) in [5, 5.41) is 7.05. The third-order valence-electron chi connectivity index (χ3n) is 5.13. The molecule has 2 heterocycles. The van der Waals surface area contributed by atoms with Crippen LogP contribution in [0.15, 0.2) is 16.8 Å². The van der Waals surface area contributed by atoms with Gasteiger partial charge < -0.3 is 10.2 Å². The molecule has 4 nitrogen and oxygen atoms in total. The molecule has 2 amide bonds. The molecule has 2 atom stereocenters. The van der Waals surface area contributed by atoms with Crippen LogP contribution in [0.25, 0.3) is 0 Å². The van der Waals surface area contributed by atoms with E-state index in [1.165, 1.54) is 0 Å². The predicted octanol–water partition coefficient (Wildman–Crippen LogP) is 2.54. The molecule has 2 unspecified atom stereocenters. The Morgan fingerprint density at radius 1 is 1.38 bits per heavy atom. The minimum atomic E-state index is -0.776. The highest BCUT2D eigenvalue weighted by Gasteiger charge is 2.59. The van der Waals surface area contributed by atoms with Gasteiger partial charge in [-0.1, -0.05) is 6.92 Å². The standard InChI is InChI=1S/C16H22N2O2S/c1-4-15(2)14(20)18(9-11-7-8-21-10-11)16(3,12-5-6-12)13(19)17-15/h7-8,10,12H,4-6,9H2,1-3H3,(H,17,19). The summed E-state index contributed by atoms with van der Waals surface area (Å²) >= 11 is 1.62. The van der Waals surface area contributed by atoms with E-state index in [1.807, 2.05) is 37.1 Å². The van der Waals surface area contributed by atoms with Crippen molar-refractivity contribution in [2.24, 2.45) is 5.92 Å². The van der Waals surface area contributed by atoms with Crippen LogP contribution in [0.1, 0.15) is 45.6 Å². The van der Waals surface area contributed by atoms with Crippen molar-refractivity contribution >= 4 is 23.2 Å². The molecule has 0 bridgehead atoms. The third kappa shape index (κ3) is 2.18. The number of nitrogens with zero attached hydrogens (tertiary/aromatic N) is 1. The molecule has 1 aromatic heterocycles. The number of carbonyl (C=O) groups is 2. The third-order valence-corrected chi connectivity index (χ3v) is 5.86. The van der Waals surface area contributed by atoms with Crippen LogP contribution in [-0.4, -0.2) is 27.8 Å². The normalized spacial score (nSPS) is 33.2. The van der Waals surface area contributed by atoms with Crippen LogP contribution in [0.5, 0.6) is 0 Å². The molecular formula is C16H22N2O2S. The summed E-state index contributed by atoms with van der Waals surface area (Å²) < 4.78 is 0. The first kappa shape index (κ1) is 14.6. The van der Waals surface area contributed by atoms with Crippen molar-refractivity contribution in [3.63, 3.8) is 0 Å². The summed E-state index contributed by atoms with van der Waals surface area (Å²) in [6.45, 7) is 6.24. The SMILES string of the molecule is CCC1(C)NC(=O)C(C)(C2CC2)N(Cc2ccsc2)C1=O. The van der Waals surface area contributed by atoms with E-state index in [0.29, 0.717) is 18.9 Å². The van der Waals surface area contributed by atoms with Crippen LogP contribution in [0.4, 0.5) is 0 Å². The topological polar surface area (TPSA) is 49.4 Å². The minimum Gasteiger partial charge on any atom is -0.340 e. The highest BCUT2D eigenvalue weighted by molar-refractivity contribution is 7.07. The summed E-state index contributed by atoms with van der Waals surface area (Å²) in [6, 6.07) is 2.03. The fraction of sp³-hybridized carbons (Fsp3) is 0.625. The Hall–Kier alpha value is -1.36. The first-order chi connectivity index (χ1) is 9.91. The predicted molar refractivity (Wildman–Crippen MR) is 82.8 cm³/mol. The van der Waals surface area contributed by atoms with Gasteiger partial charge in [-0.05, 0) is 61.4 Å². The molecule has 2 fully saturated rings. The average molecular weight is 306 g/mol. The van der Waals surface area contributed by atoms with Gasteiger partial charge >= 0.3 is 0 Å². The van der Waals surface area contributed by atoms with Crippen molar-refractivity contribution in [1.29, 1.82) is 0 Å². The van der Waals surface area contributed by atoms with E-state index in [-0.39, 0.29) is 11.8 Å². The number of nitrogens with one attached hydrogen (secondary N) is 1. The average Bonchev–Trinajstić information content (AvgIpc) is 3.20. The van der Waals surface area contributed by atoms with Crippen molar-refractivity contribution in [2.45, 2.75) is 57.7 Å². The Bertz CT molecular complexity index is 567. The van der Waals surface area contributed by atoms with Crippen molar-refractivity contribution in [2.75, 3.05) is 0 Å². The Morgan fingerprint density at radius 3 is 2.62 bits per heavy atom. The molecule has 0 radical (unpaired) electrons. The van der Waals surface area contributed by atoms with Crippen LogP contribution < -0.4 is 5.32 Å². The van der Waals surface area contributed by atoms with Gasteiger partial charge in [-0.15, -0.1) is 0 Å². The van der Waals surface area contributed by atoms with E-state index in [2.05, 4.69) is 10.7 Å². The molecule has 0 aromatic carbocycles. The summed E-state index contributed by atoms with van der Waals surface area (Å²) in [7, 11) is 0. The van der Waals surface area contributed by atoms with E-state index >= 15 is 0 Å². The number of piperazine rings is 1. The second-order valence-corrected chi connectivity index (χ2v) is 7.36. The number of hydrogen-bond donors (Lipinski definition) is 1. The quantitative estimate of drug-likeness (QED) is 0.929. The zero-order chi connectivity index (χ0) is 15.3. The molecule has 1 aliphatic heterocycles. The first-order valence-electron chi connectivity index (χ1n) is 7.57. The monoisotopic (exact) mass is 306 g/mol.